The Morgan fingerprint density at radius 2 is 2.14 bits per heavy atom. The Bertz CT molecular complexity index is 665. The fraction of sp³-hybridized carbons (Fsp3) is 0.833. The maximum Gasteiger partial charge on any atom is 0.114 e. The van der Waals surface area contributed by atoms with E-state index in [1.165, 1.54) is 5.57 Å². The number of alkyl halides is 1. The van der Waals surface area contributed by atoms with Crippen LogP contribution in [0.5, 0.6) is 0 Å². The van der Waals surface area contributed by atoms with Crippen molar-refractivity contribution in [1.82, 2.24) is 42.1 Å². The summed E-state index contributed by atoms with van der Waals surface area (Å²) in [4.78, 5) is 2.38. The second kappa shape index (κ2) is 14.6. The zero-order valence-corrected chi connectivity index (χ0v) is 21.5. The number of aliphatic hydroxyl groups excluding tert-OH is 1. The Morgan fingerprint density at radius 3 is 2.80 bits per heavy atom. The SMILES string of the molecule is C=CNC[C@@H](NC)N[C@@H]1C[C@H](N2CC([C@H](O)NCCOC)C2)NC(N[C@@H](C)C2=CC[C@@H](F)CC2)N1. The standard InChI is InChI=1S/C24H47FN8O2/c1-5-27-13-21(26-3)30-20-12-22(33-14-18(15-33)23(34)28-10-11-35-4)32-24(31-20)29-16(2)17-6-8-19(25)9-7-17/h5-6,16,18-24,26-32,34H,1,7-15H2,2-4H3/t16-,19+,20-,21-,22-,23-,24?/m0/s1. The Kier molecular flexibility index (Phi) is 11.8. The summed E-state index contributed by atoms with van der Waals surface area (Å²) in [6, 6.07) is 0.144. The van der Waals surface area contributed by atoms with Gasteiger partial charge in [0.15, 0.2) is 0 Å². The Morgan fingerprint density at radius 1 is 1.34 bits per heavy atom. The fourth-order valence-electron chi connectivity index (χ4n) is 5.01. The summed E-state index contributed by atoms with van der Waals surface area (Å²) in [6.07, 6.45) is 5.46. The molecule has 1 aliphatic carbocycles. The quantitative estimate of drug-likeness (QED) is 0.0836. The first kappa shape index (κ1) is 28.4. The van der Waals surface area contributed by atoms with Gasteiger partial charge in [0.25, 0.3) is 0 Å². The van der Waals surface area contributed by atoms with Gasteiger partial charge in [0.1, 0.15) is 18.7 Å². The molecule has 202 valence electrons. The molecule has 10 nitrogen and oxygen atoms in total. The number of rotatable bonds is 15. The summed E-state index contributed by atoms with van der Waals surface area (Å²) >= 11 is 0. The molecule has 8 N–H and O–H groups in total. The summed E-state index contributed by atoms with van der Waals surface area (Å²) in [5.74, 6) is 0.197. The Balaban J connectivity index is 1.57. The number of ether oxygens (including phenoxy) is 1. The second-order valence-electron chi connectivity index (χ2n) is 9.84. The molecular formula is C24H47FN8O2. The molecule has 0 aromatic heterocycles. The highest BCUT2D eigenvalue weighted by atomic mass is 19.1. The lowest BCUT2D eigenvalue weighted by molar-refractivity contribution is -0.0657. The van der Waals surface area contributed by atoms with Crippen LogP contribution in [0.25, 0.3) is 0 Å². The van der Waals surface area contributed by atoms with Crippen molar-refractivity contribution in [2.24, 2.45) is 5.92 Å². The largest absolute Gasteiger partial charge is 0.388 e. The van der Waals surface area contributed by atoms with Crippen LogP contribution in [0.1, 0.15) is 32.6 Å². The zero-order chi connectivity index (χ0) is 25.2. The minimum Gasteiger partial charge on any atom is -0.388 e. The Labute approximate surface area is 209 Å². The number of hydrogen-bond acceptors (Lipinski definition) is 10. The van der Waals surface area contributed by atoms with Crippen LogP contribution in [0, 0.1) is 5.92 Å². The van der Waals surface area contributed by atoms with E-state index in [-0.39, 0.29) is 36.7 Å². The van der Waals surface area contributed by atoms with E-state index in [4.69, 9.17) is 4.74 Å². The highest BCUT2D eigenvalue weighted by Gasteiger charge is 2.40. The van der Waals surface area contributed by atoms with Gasteiger partial charge < -0.3 is 20.5 Å². The molecule has 2 fully saturated rings. The number of likely N-dealkylation sites (tertiary alicyclic amines) is 1. The van der Waals surface area contributed by atoms with Crippen molar-refractivity contribution < 1.29 is 14.2 Å². The summed E-state index contributed by atoms with van der Waals surface area (Å²) in [5.41, 5.74) is 1.27. The van der Waals surface area contributed by atoms with E-state index in [9.17, 15) is 9.50 Å². The number of nitrogens with one attached hydrogen (secondary N) is 7. The highest BCUT2D eigenvalue weighted by molar-refractivity contribution is 5.13. The lowest BCUT2D eigenvalue weighted by Crippen LogP contribution is -2.74. The number of halogens is 1. The van der Waals surface area contributed by atoms with Crippen LogP contribution in [-0.2, 0) is 4.74 Å². The number of methoxy groups -OCH3 is 1. The van der Waals surface area contributed by atoms with Gasteiger partial charge in [0.2, 0.25) is 0 Å². The van der Waals surface area contributed by atoms with Crippen molar-refractivity contribution in [3.63, 3.8) is 0 Å². The third-order valence-corrected chi connectivity index (χ3v) is 7.24. The van der Waals surface area contributed by atoms with Crippen molar-refractivity contribution in [3.05, 3.63) is 24.4 Å². The van der Waals surface area contributed by atoms with Crippen molar-refractivity contribution in [3.8, 4) is 0 Å². The average molecular weight is 499 g/mol. The summed E-state index contributed by atoms with van der Waals surface area (Å²) in [6.45, 7) is 9.46. The van der Waals surface area contributed by atoms with E-state index in [2.05, 4.69) is 61.7 Å². The number of aliphatic hydroxyl groups is 1. The third-order valence-electron chi connectivity index (χ3n) is 7.24. The molecule has 0 radical (unpaired) electrons. The van der Waals surface area contributed by atoms with Gasteiger partial charge in [0.05, 0.1) is 25.1 Å². The molecule has 2 saturated heterocycles. The van der Waals surface area contributed by atoms with E-state index in [1.807, 2.05) is 7.05 Å². The normalized spacial score (nSPS) is 30.7. The molecule has 0 bridgehead atoms. The minimum absolute atomic E-state index is 0.0642. The third kappa shape index (κ3) is 8.73. The van der Waals surface area contributed by atoms with Crippen molar-refractivity contribution in [1.29, 1.82) is 0 Å². The van der Waals surface area contributed by atoms with Crippen molar-refractivity contribution in [2.45, 2.75) is 75.8 Å². The molecule has 7 atom stereocenters. The summed E-state index contributed by atoms with van der Waals surface area (Å²) in [5, 5.41) is 34.7. The monoisotopic (exact) mass is 498 g/mol. The molecule has 0 spiro atoms. The lowest BCUT2D eigenvalue weighted by atomic mass is 9.93. The molecule has 3 rings (SSSR count). The lowest BCUT2D eigenvalue weighted by Gasteiger charge is -2.51. The maximum atomic E-state index is 13.6. The molecule has 0 saturated carbocycles. The molecule has 1 unspecified atom stereocenters. The van der Waals surface area contributed by atoms with Crippen LogP contribution in [0.3, 0.4) is 0 Å². The molecule has 2 aliphatic heterocycles. The second-order valence-corrected chi connectivity index (χ2v) is 9.84. The minimum atomic E-state index is -0.712. The van der Waals surface area contributed by atoms with Crippen LogP contribution >= 0.6 is 0 Å². The van der Waals surface area contributed by atoms with Gasteiger partial charge in [-0.15, -0.1) is 0 Å². The number of hydrogen-bond donors (Lipinski definition) is 8. The van der Waals surface area contributed by atoms with Gasteiger partial charge in [-0.25, -0.2) is 4.39 Å². The van der Waals surface area contributed by atoms with Crippen molar-refractivity contribution in [2.75, 3.05) is 46.9 Å². The molecule has 0 amide bonds. The Hall–Kier alpha value is -1.15. The van der Waals surface area contributed by atoms with Crippen LogP contribution in [0.4, 0.5) is 4.39 Å². The molecule has 35 heavy (non-hydrogen) atoms. The number of nitrogens with zero attached hydrogens (tertiary/aromatic N) is 1. The first-order chi connectivity index (χ1) is 16.9. The first-order valence-electron chi connectivity index (χ1n) is 13.0. The fourth-order valence-corrected chi connectivity index (χ4v) is 5.01. The van der Waals surface area contributed by atoms with Crippen LogP contribution in [0.15, 0.2) is 24.4 Å². The highest BCUT2D eigenvalue weighted by Crippen LogP contribution is 2.25. The molecule has 0 aromatic carbocycles. The zero-order valence-electron chi connectivity index (χ0n) is 21.5. The van der Waals surface area contributed by atoms with Gasteiger partial charge in [0, 0.05) is 51.7 Å². The topological polar surface area (TPSA) is 117 Å². The average Bonchev–Trinajstić information content (AvgIpc) is 2.81. The number of likely N-dealkylation sites (N-methyl/N-ethyl adjacent to an activating group) is 1. The molecule has 3 aliphatic rings. The van der Waals surface area contributed by atoms with E-state index in [0.717, 1.165) is 25.9 Å². The smallest absolute Gasteiger partial charge is 0.114 e. The van der Waals surface area contributed by atoms with E-state index < -0.39 is 12.4 Å². The molecule has 0 aromatic rings. The predicted molar refractivity (Wildman–Crippen MR) is 137 cm³/mol. The van der Waals surface area contributed by atoms with Gasteiger partial charge in [-0.05, 0) is 39.4 Å². The molecule has 11 heteroatoms. The van der Waals surface area contributed by atoms with E-state index in [0.29, 0.717) is 32.5 Å². The summed E-state index contributed by atoms with van der Waals surface area (Å²) in [7, 11) is 3.59. The number of allylic oxidation sites excluding steroid dienone is 1. The van der Waals surface area contributed by atoms with Crippen LogP contribution in [-0.4, -0.2) is 100 Å². The van der Waals surface area contributed by atoms with Gasteiger partial charge >= 0.3 is 0 Å². The maximum absolute atomic E-state index is 13.6. The van der Waals surface area contributed by atoms with Crippen LogP contribution < -0.4 is 37.2 Å². The summed E-state index contributed by atoms with van der Waals surface area (Å²) < 4.78 is 18.6. The van der Waals surface area contributed by atoms with Gasteiger partial charge in [-0.3, -0.25) is 31.5 Å². The van der Waals surface area contributed by atoms with Crippen molar-refractivity contribution >= 4 is 0 Å². The first-order valence-corrected chi connectivity index (χ1v) is 13.0. The van der Waals surface area contributed by atoms with E-state index >= 15 is 0 Å². The van der Waals surface area contributed by atoms with Gasteiger partial charge in [-0.1, -0.05) is 18.2 Å². The molecule has 2 heterocycles. The van der Waals surface area contributed by atoms with Gasteiger partial charge in [-0.2, -0.15) is 0 Å². The van der Waals surface area contributed by atoms with E-state index in [1.54, 1.807) is 13.3 Å². The predicted octanol–water partition coefficient (Wildman–Crippen LogP) is -0.714. The molecular weight excluding hydrogens is 451 g/mol. The van der Waals surface area contributed by atoms with Crippen LogP contribution in [0.2, 0.25) is 0 Å².